The number of imidazole rings is 1. The minimum Gasteiger partial charge on any atom is -0.329 e. The molecule has 0 aliphatic heterocycles. The molecule has 0 radical (unpaired) electrons. The number of hydrogen-bond acceptors (Lipinski definition) is 3. The number of hydrogen-bond donors (Lipinski definition) is 1. The summed E-state index contributed by atoms with van der Waals surface area (Å²) in [6.07, 6.45) is 3.84. The Balaban J connectivity index is 2.09. The van der Waals surface area contributed by atoms with Gasteiger partial charge in [0.25, 0.3) is 0 Å². The summed E-state index contributed by atoms with van der Waals surface area (Å²) in [5.74, 6) is 0. The fourth-order valence-electron chi connectivity index (χ4n) is 1.62. The molecule has 86 valence electrons. The van der Waals surface area contributed by atoms with E-state index in [1.807, 2.05) is 12.5 Å². The fraction of sp³-hybridized carbons (Fsp3) is 0.417. The first-order chi connectivity index (χ1) is 7.81. The van der Waals surface area contributed by atoms with E-state index in [2.05, 4.69) is 39.5 Å². The Bertz CT molecular complexity index is 445. The molecule has 2 heterocycles. The summed E-state index contributed by atoms with van der Waals surface area (Å²) in [4.78, 5) is 4.21. The minimum absolute atomic E-state index is 0.889. The van der Waals surface area contributed by atoms with Gasteiger partial charge in [-0.25, -0.2) is 4.98 Å². The van der Waals surface area contributed by atoms with Crippen molar-refractivity contribution in [2.24, 2.45) is 0 Å². The number of aromatic nitrogens is 2. The fourth-order valence-corrected chi connectivity index (χ4v) is 2.47. The molecule has 0 aliphatic carbocycles. The lowest BCUT2D eigenvalue weighted by atomic mass is 10.2. The van der Waals surface area contributed by atoms with Crippen LogP contribution in [0.2, 0.25) is 0 Å². The van der Waals surface area contributed by atoms with E-state index in [-0.39, 0.29) is 0 Å². The Kier molecular flexibility index (Phi) is 3.74. The summed E-state index contributed by atoms with van der Waals surface area (Å²) >= 11 is 1.76. The molecule has 2 rings (SSSR count). The first kappa shape index (κ1) is 11.4. The van der Waals surface area contributed by atoms with Gasteiger partial charge in [-0.15, -0.1) is 0 Å². The van der Waals surface area contributed by atoms with Gasteiger partial charge in [-0.2, -0.15) is 11.3 Å². The highest BCUT2D eigenvalue weighted by atomic mass is 32.1. The van der Waals surface area contributed by atoms with Crippen LogP contribution in [0.5, 0.6) is 0 Å². The van der Waals surface area contributed by atoms with Gasteiger partial charge in [-0.05, 0) is 35.4 Å². The van der Waals surface area contributed by atoms with E-state index in [4.69, 9.17) is 0 Å². The lowest BCUT2D eigenvalue weighted by Gasteiger charge is -2.08. The lowest BCUT2D eigenvalue weighted by Crippen LogP contribution is -2.15. The predicted octanol–water partition coefficient (Wildman–Crippen LogP) is 2.41. The van der Waals surface area contributed by atoms with Crippen LogP contribution in [-0.4, -0.2) is 16.1 Å². The predicted molar refractivity (Wildman–Crippen MR) is 67.8 cm³/mol. The molecular weight excluding hydrogens is 218 g/mol. The van der Waals surface area contributed by atoms with Gasteiger partial charge in [0.15, 0.2) is 0 Å². The Hall–Kier alpha value is -1.13. The van der Waals surface area contributed by atoms with Crippen LogP contribution < -0.4 is 5.32 Å². The molecule has 0 bridgehead atoms. The second-order valence-corrected chi connectivity index (χ2v) is 4.62. The SMILES string of the molecule is CCNCc1cncn1Cc1cscc1C. The summed E-state index contributed by atoms with van der Waals surface area (Å²) in [5, 5.41) is 7.73. The molecule has 0 atom stereocenters. The Morgan fingerprint density at radius 2 is 2.31 bits per heavy atom. The van der Waals surface area contributed by atoms with Crippen LogP contribution in [0.1, 0.15) is 23.7 Å². The molecule has 0 saturated carbocycles. The minimum atomic E-state index is 0.889. The molecule has 4 heteroatoms. The summed E-state index contributed by atoms with van der Waals surface area (Å²) in [5.41, 5.74) is 4.00. The van der Waals surface area contributed by atoms with Crippen LogP contribution in [0, 0.1) is 6.92 Å². The van der Waals surface area contributed by atoms with Crippen molar-refractivity contribution < 1.29 is 0 Å². The topological polar surface area (TPSA) is 29.9 Å². The van der Waals surface area contributed by atoms with Gasteiger partial charge in [-0.1, -0.05) is 6.92 Å². The third-order valence-electron chi connectivity index (χ3n) is 2.66. The van der Waals surface area contributed by atoms with Crippen LogP contribution in [-0.2, 0) is 13.1 Å². The van der Waals surface area contributed by atoms with E-state index in [0.29, 0.717) is 0 Å². The summed E-state index contributed by atoms with van der Waals surface area (Å²) in [6, 6.07) is 0. The molecule has 0 spiro atoms. The molecule has 2 aromatic heterocycles. The van der Waals surface area contributed by atoms with E-state index < -0.39 is 0 Å². The molecule has 0 aliphatic rings. The first-order valence-corrected chi connectivity index (χ1v) is 6.47. The van der Waals surface area contributed by atoms with Crippen LogP contribution in [0.25, 0.3) is 0 Å². The molecule has 0 unspecified atom stereocenters. The average Bonchev–Trinajstić information content (AvgIpc) is 2.87. The zero-order valence-corrected chi connectivity index (χ0v) is 10.5. The smallest absolute Gasteiger partial charge is 0.0951 e. The zero-order chi connectivity index (χ0) is 11.4. The number of aryl methyl sites for hydroxylation is 1. The van der Waals surface area contributed by atoms with Crippen molar-refractivity contribution in [3.63, 3.8) is 0 Å². The number of nitrogens with one attached hydrogen (secondary N) is 1. The lowest BCUT2D eigenvalue weighted by molar-refractivity contribution is 0.656. The second-order valence-electron chi connectivity index (χ2n) is 3.87. The first-order valence-electron chi connectivity index (χ1n) is 5.52. The van der Waals surface area contributed by atoms with Gasteiger partial charge in [0.05, 0.1) is 12.0 Å². The molecule has 1 N–H and O–H groups in total. The van der Waals surface area contributed by atoms with Crippen molar-refractivity contribution in [3.8, 4) is 0 Å². The Morgan fingerprint density at radius 3 is 3.00 bits per heavy atom. The Labute approximate surface area is 100 Å². The van der Waals surface area contributed by atoms with Crippen molar-refractivity contribution >= 4 is 11.3 Å². The number of nitrogens with zero attached hydrogens (tertiary/aromatic N) is 2. The largest absolute Gasteiger partial charge is 0.329 e. The van der Waals surface area contributed by atoms with Crippen molar-refractivity contribution in [1.29, 1.82) is 0 Å². The molecule has 16 heavy (non-hydrogen) atoms. The third kappa shape index (κ3) is 2.51. The van der Waals surface area contributed by atoms with Gasteiger partial charge < -0.3 is 9.88 Å². The summed E-state index contributed by atoms with van der Waals surface area (Å²) in [7, 11) is 0. The summed E-state index contributed by atoms with van der Waals surface area (Å²) < 4.78 is 2.21. The standard InChI is InChI=1S/C12H17N3S/c1-3-13-4-12-5-14-9-15(12)6-11-8-16-7-10(11)2/h5,7-9,13H,3-4,6H2,1-2H3. The van der Waals surface area contributed by atoms with E-state index in [1.165, 1.54) is 16.8 Å². The van der Waals surface area contributed by atoms with E-state index in [0.717, 1.165) is 19.6 Å². The molecular formula is C12H17N3S. The van der Waals surface area contributed by atoms with Crippen LogP contribution >= 0.6 is 11.3 Å². The monoisotopic (exact) mass is 235 g/mol. The third-order valence-corrected chi connectivity index (χ3v) is 3.57. The van der Waals surface area contributed by atoms with Crippen molar-refractivity contribution in [3.05, 3.63) is 40.1 Å². The van der Waals surface area contributed by atoms with Crippen LogP contribution in [0.15, 0.2) is 23.3 Å². The average molecular weight is 235 g/mol. The van der Waals surface area contributed by atoms with Gasteiger partial charge >= 0.3 is 0 Å². The molecule has 0 aromatic carbocycles. The number of rotatable bonds is 5. The molecule has 0 amide bonds. The maximum Gasteiger partial charge on any atom is 0.0951 e. The molecule has 2 aromatic rings. The maximum absolute atomic E-state index is 4.21. The molecule has 0 fully saturated rings. The van der Waals surface area contributed by atoms with Crippen molar-refractivity contribution in [1.82, 2.24) is 14.9 Å². The van der Waals surface area contributed by atoms with Crippen LogP contribution in [0.4, 0.5) is 0 Å². The highest BCUT2D eigenvalue weighted by Gasteiger charge is 2.04. The van der Waals surface area contributed by atoms with Crippen molar-refractivity contribution in [2.75, 3.05) is 6.54 Å². The van der Waals surface area contributed by atoms with Gasteiger partial charge in [0.2, 0.25) is 0 Å². The second kappa shape index (κ2) is 5.27. The van der Waals surface area contributed by atoms with E-state index >= 15 is 0 Å². The van der Waals surface area contributed by atoms with Gasteiger partial charge in [0.1, 0.15) is 0 Å². The Morgan fingerprint density at radius 1 is 1.44 bits per heavy atom. The van der Waals surface area contributed by atoms with Crippen molar-refractivity contribution in [2.45, 2.75) is 26.9 Å². The highest BCUT2D eigenvalue weighted by Crippen LogP contribution is 2.15. The summed E-state index contributed by atoms with van der Waals surface area (Å²) in [6.45, 7) is 7.08. The number of thiophene rings is 1. The molecule has 3 nitrogen and oxygen atoms in total. The van der Waals surface area contributed by atoms with E-state index in [9.17, 15) is 0 Å². The van der Waals surface area contributed by atoms with Gasteiger partial charge in [0, 0.05) is 19.3 Å². The molecule has 0 saturated heterocycles. The van der Waals surface area contributed by atoms with E-state index in [1.54, 1.807) is 11.3 Å². The highest BCUT2D eigenvalue weighted by molar-refractivity contribution is 7.08. The quantitative estimate of drug-likeness (QED) is 0.862. The normalized spacial score (nSPS) is 10.9. The zero-order valence-electron chi connectivity index (χ0n) is 9.73. The van der Waals surface area contributed by atoms with Gasteiger partial charge in [-0.3, -0.25) is 0 Å². The maximum atomic E-state index is 4.21. The van der Waals surface area contributed by atoms with Crippen LogP contribution in [0.3, 0.4) is 0 Å².